The van der Waals surface area contributed by atoms with Gasteiger partial charge in [0.25, 0.3) is 0 Å². The van der Waals surface area contributed by atoms with E-state index >= 15 is 0 Å². The van der Waals surface area contributed by atoms with Crippen LogP contribution < -0.4 is 15.8 Å². The van der Waals surface area contributed by atoms with Crippen LogP contribution >= 0.6 is 46.9 Å². The number of guanidine groups is 1. The molecule has 0 aliphatic carbocycles. The summed E-state index contributed by atoms with van der Waals surface area (Å²) in [6, 6.07) is 3.03. The Labute approximate surface area is 156 Å². The van der Waals surface area contributed by atoms with Gasteiger partial charge in [0.05, 0.1) is 17.5 Å². The van der Waals surface area contributed by atoms with Crippen LogP contribution in [0.4, 0.5) is 0 Å². The van der Waals surface area contributed by atoms with Crippen LogP contribution in [-0.2, 0) is 14.8 Å². The van der Waals surface area contributed by atoms with Crippen molar-refractivity contribution in [3.63, 3.8) is 0 Å². The second-order valence-electron chi connectivity index (χ2n) is 4.22. The Hall–Kier alpha value is -0.140. The van der Waals surface area contributed by atoms with Gasteiger partial charge in [0.15, 0.2) is 5.96 Å². The van der Waals surface area contributed by atoms with E-state index < -0.39 is 10.0 Å². The summed E-state index contributed by atoms with van der Waals surface area (Å²) in [4.78, 5) is 4.03. The molecule has 1 aromatic rings. The van der Waals surface area contributed by atoms with Gasteiger partial charge in [-0.3, -0.25) is 4.99 Å². The largest absolute Gasteiger partial charge is 0.383 e. The smallest absolute Gasteiger partial charge is 0.250 e. The van der Waals surface area contributed by atoms with E-state index in [0.29, 0.717) is 10.9 Å². The van der Waals surface area contributed by atoms with Crippen LogP contribution in [0.5, 0.6) is 0 Å². The van der Waals surface area contributed by atoms with Crippen molar-refractivity contribution in [3.8, 4) is 0 Å². The van der Waals surface area contributed by atoms with Gasteiger partial charge in [-0.1, -0.05) is 11.6 Å². The summed E-state index contributed by atoms with van der Waals surface area (Å²) in [7, 11) is -1.94. The molecule has 0 aromatic carbocycles. The molecule has 0 amide bonds. The zero-order chi connectivity index (χ0) is 15.9. The van der Waals surface area contributed by atoms with Gasteiger partial charge in [-0.15, -0.1) is 35.3 Å². The molecule has 0 aliphatic heterocycles. The van der Waals surface area contributed by atoms with E-state index in [-0.39, 0.29) is 53.3 Å². The van der Waals surface area contributed by atoms with Gasteiger partial charge >= 0.3 is 0 Å². The van der Waals surface area contributed by atoms with Crippen molar-refractivity contribution in [2.24, 2.45) is 10.7 Å². The number of nitrogens with zero attached hydrogens (tertiary/aromatic N) is 1. The lowest BCUT2D eigenvalue weighted by atomic mass is 10.4. The number of rotatable bonds is 8. The zero-order valence-corrected chi connectivity index (χ0v) is 16.9. The Morgan fingerprint density at radius 2 is 2.23 bits per heavy atom. The molecule has 128 valence electrons. The topological polar surface area (TPSA) is 106 Å². The Kier molecular flexibility index (Phi) is 10.5. The van der Waals surface area contributed by atoms with Crippen molar-refractivity contribution in [3.05, 3.63) is 16.5 Å². The summed E-state index contributed by atoms with van der Waals surface area (Å²) in [5, 5.41) is 2.92. The van der Waals surface area contributed by atoms with Crippen LogP contribution in [-0.4, -0.2) is 47.2 Å². The molecule has 0 saturated carbocycles. The molecule has 0 saturated heterocycles. The third-order valence-corrected chi connectivity index (χ3v) is 5.49. The Morgan fingerprint density at radius 3 is 2.77 bits per heavy atom. The van der Waals surface area contributed by atoms with Crippen molar-refractivity contribution in [1.29, 1.82) is 0 Å². The summed E-state index contributed by atoms with van der Waals surface area (Å²) < 4.78 is 31.7. The van der Waals surface area contributed by atoms with Gasteiger partial charge in [0, 0.05) is 19.7 Å². The van der Waals surface area contributed by atoms with Crippen LogP contribution in [0.25, 0.3) is 0 Å². The van der Waals surface area contributed by atoms with E-state index in [2.05, 4.69) is 15.0 Å². The highest BCUT2D eigenvalue weighted by atomic mass is 127. The first-order valence-corrected chi connectivity index (χ1v) is 8.83. The molecule has 0 fully saturated rings. The Balaban J connectivity index is 0.00000441. The van der Waals surface area contributed by atoms with E-state index in [1.165, 1.54) is 12.1 Å². The first-order valence-electron chi connectivity index (χ1n) is 6.15. The summed E-state index contributed by atoms with van der Waals surface area (Å²) in [5.41, 5.74) is 5.66. The van der Waals surface area contributed by atoms with Crippen LogP contribution in [0.3, 0.4) is 0 Å². The number of aliphatic imine (C=N–C) groups is 1. The molecule has 1 atom stereocenters. The number of nitrogens with one attached hydrogen (secondary N) is 2. The highest BCUT2D eigenvalue weighted by molar-refractivity contribution is 14.0. The summed E-state index contributed by atoms with van der Waals surface area (Å²) in [6.45, 7) is 2.78. The normalized spacial score (nSPS) is 13.5. The number of hydrogen-bond acceptors (Lipinski definition) is 5. The van der Waals surface area contributed by atoms with Crippen molar-refractivity contribution >= 4 is 62.9 Å². The molecule has 7 nitrogen and oxygen atoms in total. The highest BCUT2D eigenvalue weighted by Crippen LogP contribution is 2.25. The maximum absolute atomic E-state index is 11.9. The van der Waals surface area contributed by atoms with Gasteiger partial charge < -0.3 is 15.8 Å². The Morgan fingerprint density at radius 1 is 1.55 bits per heavy atom. The molecule has 0 radical (unpaired) electrons. The molecule has 22 heavy (non-hydrogen) atoms. The third-order valence-electron chi connectivity index (χ3n) is 2.31. The summed E-state index contributed by atoms with van der Waals surface area (Å²) >= 11 is 6.71. The zero-order valence-electron chi connectivity index (χ0n) is 12.2. The van der Waals surface area contributed by atoms with Crippen molar-refractivity contribution in [2.45, 2.75) is 17.2 Å². The number of nitrogens with two attached hydrogens (primary N) is 1. The molecule has 4 N–H and O–H groups in total. The molecule has 0 aliphatic rings. The minimum absolute atomic E-state index is 0. The monoisotopic (exact) mass is 482 g/mol. The average Bonchev–Trinajstić information content (AvgIpc) is 2.82. The van der Waals surface area contributed by atoms with Crippen LogP contribution in [0.1, 0.15) is 6.92 Å². The minimum Gasteiger partial charge on any atom is -0.383 e. The van der Waals surface area contributed by atoms with Crippen molar-refractivity contribution < 1.29 is 13.2 Å². The standard InChI is InChI=1S/C11H19ClN4O3S2.HI/c1-8(7-19-2)16-11(13)14-5-6-15-21(17,18)10-4-3-9(12)20-10;/h3-4,8,15H,5-7H2,1-2H3,(H3,13,14,16);1H. The van der Waals surface area contributed by atoms with Gasteiger partial charge in [-0.25, -0.2) is 13.1 Å². The maximum atomic E-state index is 11.9. The van der Waals surface area contributed by atoms with Gasteiger partial charge in [-0.05, 0) is 19.1 Å². The fraction of sp³-hybridized carbons (Fsp3) is 0.545. The maximum Gasteiger partial charge on any atom is 0.250 e. The third kappa shape index (κ3) is 7.92. The second-order valence-corrected chi connectivity index (χ2v) is 7.93. The molecule has 1 heterocycles. The van der Waals surface area contributed by atoms with Gasteiger partial charge in [-0.2, -0.15) is 0 Å². The molecular weight excluding hydrogens is 463 g/mol. The highest BCUT2D eigenvalue weighted by Gasteiger charge is 2.15. The number of ether oxygens (including phenoxy) is 1. The molecule has 1 rings (SSSR count). The molecule has 1 unspecified atom stereocenters. The van der Waals surface area contributed by atoms with Gasteiger partial charge in [0.1, 0.15) is 4.21 Å². The second kappa shape index (κ2) is 10.6. The molecular formula is C11H20ClIN4O3S2. The number of sulfonamides is 1. The molecule has 1 aromatic heterocycles. The number of methoxy groups -OCH3 is 1. The van der Waals surface area contributed by atoms with Crippen molar-refractivity contribution in [2.75, 3.05) is 26.8 Å². The lowest BCUT2D eigenvalue weighted by Crippen LogP contribution is -2.41. The van der Waals surface area contributed by atoms with Gasteiger partial charge in [0.2, 0.25) is 10.0 Å². The van der Waals surface area contributed by atoms with Crippen molar-refractivity contribution in [1.82, 2.24) is 10.0 Å². The minimum atomic E-state index is -3.54. The predicted octanol–water partition coefficient (Wildman–Crippen LogP) is 1.24. The molecule has 0 bridgehead atoms. The van der Waals surface area contributed by atoms with E-state index in [1.807, 2.05) is 6.92 Å². The average molecular weight is 483 g/mol. The number of thiophene rings is 1. The van der Waals surface area contributed by atoms with E-state index in [0.717, 1.165) is 11.3 Å². The fourth-order valence-electron chi connectivity index (χ4n) is 1.46. The number of hydrogen-bond donors (Lipinski definition) is 3. The first-order chi connectivity index (χ1) is 9.85. The van der Waals surface area contributed by atoms with E-state index in [1.54, 1.807) is 7.11 Å². The summed E-state index contributed by atoms with van der Waals surface area (Å²) in [6.07, 6.45) is 0. The van der Waals surface area contributed by atoms with Crippen LogP contribution in [0.15, 0.2) is 21.3 Å². The van der Waals surface area contributed by atoms with E-state index in [4.69, 9.17) is 22.1 Å². The lowest BCUT2D eigenvalue weighted by molar-refractivity contribution is 0.179. The van der Waals surface area contributed by atoms with Crippen LogP contribution in [0.2, 0.25) is 4.34 Å². The predicted molar refractivity (Wildman–Crippen MR) is 101 cm³/mol. The first kappa shape index (κ1) is 21.9. The quantitative estimate of drug-likeness (QED) is 0.224. The summed E-state index contributed by atoms with van der Waals surface area (Å²) in [5.74, 6) is 0.248. The van der Waals surface area contributed by atoms with E-state index in [9.17, 15) is 8.42 Å². The Bertz CT molecular complexity index is 580. The van der Waals surface area contributed by atoms with Crippen LogP contribution in [0, 0.1) is 0 Å². The molecule has 0 spiro atoms. The number of halogens is 2. The molecule has 11 heteroatoms. The SMILES string of the molecule is COCC(C)NC(N)=NCCNS(=O)(=O)c1ccc(Cl)s1.I. The lowest BCUT2D eigenvalue weighted by Gasteiger charge is -2.13. The fourth-order valence-corrected chi connectivity index (χ4v) is 4.01.